The second-order valence-corrected chi connectivity index (χ2v) is 10.6. The number of imidazole rings is 1. The molecule has 7 nitrogen and oxygen atoms in total. The van der Waals surface area contributed by atoms with Crippen LogP contribution in [0.5, 0.6) is 0 Å². The zero-order valence-corrected chi connectivity index (χ0v) is 20.3. The SMILES string of the molecule is Cn1c(-c2cc3cccnc3n2CC2CC2)nc2cc(C(=O)N3CCCC4NCCCC43)ccc21. The fourth-order valence-electron chi connectivity index (χ4n) is 6.25. The lowest BCUT2D eigenvalue weighted by atomic mass is 9.89. The summed E-state index contributed by atoms with van der Waals surface area (Å²) in [7, 11) is 2.07. The number of carbonyl (C=O) groups is 1. The molecule has 5 heterocycles. The van der Waals surface area contributed by atoms with Crippen LogP contribution in [0.2, 0.25) is 0 Å². The maximum absolute atomic E-state index is 13.6. The minimum Gasteiger partial charge on any atom is -0.334 e. The predicted molar refractivity (Wildman–Crippen MR) is 137 cm³/mol. The summed E-state index contributed by atoms with van der Waals surface area (Å²) in [5.41, 5.74) is 4.79. The van der Waals surface area contributed by atoms with Crippen LogP contribution in [0.4, 0.5) is 0 Å². The van der Waals surface area contributed by atoms with Gasteiger partial charge in [-0.25, -0.2) is 9.97 Å². The lowest BCUT2D eigenvalue weighted by Crippen LogP contribution is -2.58. The highest BCUT2D eigenvalue weighted by atomic mass is 16.2. The molecule has 2 atom stereocenters. The number of rotatable bonds is 4. The van der Waals surface area contributed by atoms with Gasteiger partial charge in [-0.1, -0.05) is 0 Å². The quantitative estimate of drug-likeness (QED) is 0.483. The number of fused-ring (bicyclic) bond motifs is 3. The number of carbonyl (C=O) groups excluding carboxylic acids is 1. The number of likely N-dealkylation sites (tertiary alicyclic amines) is 1. The van der Waals surface area contributed by atoms with Crippen molar-refractivity contribution in [3.05, 3.63) is 48.2 Å². The first-order valence-electron chi connectivity index (χ1n) is 13.1. The molecule has 3 fully saturated rings. The van der Waals surface area contributed by atoms with Gasteiger partial charge in [-0.2, -0.15) is 0 Å². The van der Waals surface area contributed by atoms with E-state index < -0.39 is 0 Å². The van der Waals surface area contributed by atoms with E-state index in [1.165, 1.54) is 19.3 Å². The van der Waals surface area contributed by atoms with Crippen LogP contribution in [-0.2, 0) is 13.6 Å². The largest absolute Gasteiger partial charge is 0.334 e. The van der Waals surface area contributed by atoms with Gasteiger partial charge in [0.15, 0.2) is 5.82 Å². The van der Waals surface area contributed by atoms with Crippen LogP contribution in [0.3, 0.4) is 0 Å². The van der Waals surface area contributed by atoms with E-state index >= 15 is 0 Å². The van der Waals surface area contributed by atoms with Crippen LogP contribution >= 0.6 is 0 Å². The van der Waals surface area contributed by atoms with Crippen molar-refractivity contribution in [3.63, 3.8) is 0 Å². The number of nitrogens with one attached hydrogen (secondary N) is 1. The molecule has 1 aliphatic carbocycles. The van der Waals surface area contributed by atoms with Crippen molar-refractivity contribution in [3.8, 4) is 11.5 Å². The summed E-state index contributed by atoms with van der Waals surface area (Å²) < 4.78 is 4.49. The van der Waals surface area contributed by atoms with E-state index in [4.69, 9.17) is 4.98 Å². The Kier molecular flexibility index (Phi) is 4.94. The van der Waals surface area contributed by atoms with Gasteiger partial charge in [0.05, 0.1) is 16.7 Å². The fraction of sp³-hybridized carbons (Fsp3) is 0.464. The molecule has 7 rings (SSSR count). The zero-order valence-electron chi connectivity index (χ0n) is 20.3. The Hall–Kier alpha value is -3.19. The monoisotopic (exact) mass is 468 g/mol. The Morgan fingerprint density at radius 1 is 1.11 bits per heavy atom. The van der Waals surface area contributed by atoms with Crippen molar-refractivity contribution in [2.75, 3.05) is 13.1 Å². The van der Waals surface area contributed by atoms with Crippen LogP contribution in [-0.4, -0.2) is 55.1 Å². The fourth-order valence-corrected chi connectivity index (χ4v) is 6.25. The number of pyridine rings is 1. The van der Waals surface area contributed by atoms with Gasteiger partial charge >= 0.3 is 0 Å². The Labute approximate surface area is 205 Å². The molecule has 0 spiro atoms. The van der Waals surface area contributed by atoms with E-state index in [1.54, 1.807) is 0 Å². The molecule has 2 aliphatic heterocycles. The van der Waals surface area contributed by atoms with Gasteiger partial charge in [-0.3, -0.25) is 4.79 Å². The van der Waals surface area contributed by atoms with Crippen LogP contribution in [0.25, 0.3) is 33.6 Å². The lowest BCUT2D eigenvalue weighted by Gasteiger charge is -2.44. The Bertz CT molecular complexity index is 1430. The van der Waals surface area contributed by atoms with Gasteiger partial charge in [0.2, 0.25) is 0 Å². The van der Waals surface area contributed by atoms with Crippen molar-refractivity contribution in [1.82, 2.24) is 29.3 Å². The van der Waals surface area contributed by atoms with Gasteiger partial charge in [0.1, 0.15) is 5.65 Å². The summed E-state index contributed by atoms with van der Waals surface area (Å²) in [6.45, 7) is 2.90. The third kappa shape index (κ3) is 3.56. The first kappa shape index (κ1) is 21.1. The van der Waals surface area contributed by atoms with Crippen molar-refractivity contribution in [1.29, 1.82) is 0 Å². The van der Waals surface area contributed by atoms with Crippen LogP contribution in [0, 0.1) is 5.92 Å². The third-order valence-corrected chi connectivity index (χ3v) is 8.27. The van der Waals surface area contributed by atoms with Gasteiger partial charge in [0.25, 0.3) is 5.91 Å². The number of aryl methyl sites for hydroxylation is 1. The molecule has 0 radical (unpaired) electrons. The molecule has 3 aromatic heterocycles. The predicted octanol–water partition coefficient (Wildman–Crippen LogP) is 4.36. The van der Waals surface area contributed by atoms with Crippen molar-refractivity contribution < 1.29 is 4.79 Å². The van der Waals surface area contributed by atoms with E-state index in [9.17, 15) is 4.79 Å². The lowest BCUT2D eigenvalue weighted by molar-refractivity contribution is 0.0484. The number of piperidine rings is 2. The Balaban J connectivity index is 1.27. The van der Waals surface area contributed by atoms with Crippen molar-refractivity contribution >= 4 is 28.0 Å². The average Bonchev–Trinajstić information content (AvgIpc) is 3.57. The van der Waals surface area contributed by atoms with E-state index in [2.05, 4.69) is 49.6 Å². The Morgan fingerprint density at radius 2 is 2.03 bits per heavy atom. The van der Waals surface area contributed by atoms with E-state index in [0.29, 0.717) is 12.1 Å². The standard InChI is InChI=1S/C28H32N6O/c1-32-23-11-10-20(28(35)33-14-4-6-21-24(33)7-3-12-29-21)15-22(23)31-27(32)25-16-19-5-2-13-30-26(19)34(25)17-18-8-9-18/h2,5,10-11,13,15-16,18,21,24,29H,3-4,6-9,12,14,17H2,1H3. The van der Waals surface area contributed by atoms with Crippen molar-refractivity contribution in [2.45, 2.75) is 57.2 Å². The molecular formula is C28H32N6O. The maximum atomic E-state index is 13.6. The highest BCUT2D eigenvalue weighted by Crippen LogP contribution is 2.36. The molecule has 35 heavy (non-hydrogen) atoms. The van der Waals surface area contributed by atoms with Gasteiger partial charge in [-0.05, 0) is 87.4 Å². The third-order valence-electron chi connectivity index (χ3n) is 8.27. The molecule has 7 heteroatoms. The molecule has 1 N–H and O–H groups in total. The summed E-state index contributed by atoms with van der Waals surface area (Å²) in [5, 5.41) is 4.78. The molecule has 1 amide bonds. The van der Waals surface area contributed by atoms with Crippen molar-refractivity contribution in [2.24, 2.45) is 13.0 Å². The highest BCUT2D eigenvalue weighted by molar-refractivity contribution is 5.98. The highest BCUT2D eigenvalue weighted by Gasteiger charge is 2.36. The summed E-state index contributed by atoms with van der Waals surface area (Å²) >= 11 is 0. The number of hydrogen-bond donors (Lipinski definition) is 1. The van der Waals surface area contributed by atoms with E-state index in [-0.39, 0.29) is 5.91 Å². The van der Waals surface area contributed by atoms with Crippen LogP contribution in [0.15, 0.2) is 42.6 Å². The molecule has 1 saturated carbocycles. The molecule has 1 aromatic carbocycles. The smallest absolute Gasteiger partial charge is 0.254 e. The van der Waals surface area contributed by atoms with E-state index in [0.717, 1.165) is 84.0 Å². The topological polar surface area (TPSA) is 68.0 Å². The van der Waals surface area contributed by atoms with Gasteiger partial charge in [0, 0.05) is 49.4 Å². The molecule has 2 saturated heterocycles. The summed E-state index contributed by atoms with van der Waals surface area (Å²) in [5.74, 6) is 1.80. The van der Waals surface area contributed by atoms with Crippen LogP contribution in [0.1, 0.15) is 48.9 Å². The second-order valence-electron chi connectivity index (χ2n) is 10.6. The molecule has 2 unspecified atom stereocenters. The maximum Gasteiger partial charge on any atom is 0.254 e. The number of amides is 1. The first-order chi connectivity index (χ1) is 17.2. The number of nitrogens with zero attached hydrogens (tertiary/aromatic N) is 5. The van der Waals surface area contributed by atoms with Gasteiger partial charge in [-0.15, -0.1) is 0 Å². The Morgan fingerprint density at radius 3 is 2.91 bits per heavy atom. The summed E-state index contributed by atoms with van der Waals surface area (Å²) in [4.78, 5) is 25.5. The normalized spacial score (nSPS) is 22.6. The second kappa shape index (κ2) is 8.19. The number of benzene rings is 1. The molecular weight excluding hydrogens is 436 g/mol. The first-order valence-corrected chi connectivity index (χ1v) is 13.1. The minimum absolute atomic E-state index is 0.143. The number of hydrogen-bond acceptors (Lipinski definition) is 4. The molecule has 3 aliphatic rings. The molecule has 0 bridgehead atoms. The van der Waals surface area contributed by atoms with E-state index in [1.807, 2.05) is 24.4 Å². The molecule has 4 aromatic rings. The van der Waals surface area contributed by atoms with Gasteiger partial charge < -0.3 is 19.4 Å². The average molecular weight is 469 g/mol. The summed E-state index contributed by atoms with van der Waals surface area (Å²) in [6.07, 6.45) is 8.91. The van der Waals surface area contributed by atoms with Crippen LogP contribution < -0.4 is 5.32 Å². The zero-order chi connectivity index (χ0) is 23.5. The number of aromatic nitrogens is 4. The minimum atomic E-state index is 0.143. The summed E-state index contributed by atoms with van der Waals surface area (Å²) in [6, 6.07) is 13.1. The molecule has 180 valence electrons.